The Morgan fingerprint density at radius 2 is 1.95 bits per heavy atom. The van der Waals surface area contributed by atoms with E-state index in [9.17, 15) is 18.7 Å². The number of carboxylic acid groups (broad SMARTS) is 1. The van der Waals surface area contributed by atoms with Crippen LogP contribution < -0.4 is 9.84 Å². The van der Waals surface area contributed by atoms with Gasteiger partial charge in [0.25, 0.3) is 0 Å². The van der Waals surface area contributed by atoms with Crippen molar-refractivity contribution < 1.29 is 23.4 Å². The standard InChI is InChI=1S/C14H10F2O3/c15-11-4-5-13(12(16)7-11)19-8-9-2-1-3-10(6-9)14(17)18/h1-7H,8H2,(H,17,18)/p-1. The second-order valence-electron chi connectivity index (χ2n) is 3.85. The molecule has 0 saturated heterocycles. The van der Waals surface area contributed by atoms with Gasteiger partial charge in [-0.1, -0.05) is 18.2 Å². The lowest BCUT2D eigenvalue weighted by Gasteiger charge is -2.09. The molecule has 0 radical (unpaired) electrons. The van der Waals surface area contributed by atoms with Crippen LogP contribution in [0.5, 0.6) is 5.75 Å². The molecule has 5 heteroatoms. The third-order valence-corrected chi connectivity index (χ3v) is 2.45. The molecule has 0 heterocycles. The SMILES string of the molecule is O=C([O-])c1cccc(COc2ccc(F)cc2F)c1. The molecular formula is C14H9F2O3-. The Morgan fingerprint density at radius 1 is 1.16 bits per heavy atom. The van der Waals surface area contributed by atoms with Gasteiger partial charge in [-0.3, -0.25) is 0 Å². The maximum Gasteiger partial charge on any atom is 0.167 e. The van der Waals surface area contributed by atoms with Crippen LogP contribution in [-0.2, 0) is 6.61 Å². The summed E-state index contributed by atoms with van der Waals surface area (Å²) in [5, 5.41) is 10.7. The highest BCUT2D eigenvalue weighted by Gasteiger charge is 2.05. The topological polar surface area (TPSA) is 49.4 Å². The number of rotatable bonds is 4. The molecule has 0 saturated carbocycles. The highest BCUT2D eigenvalue weighted by molar-refractivity contribution is 5.85. The molecular weight excluding hydrogens is 254 g/mol. The molecule has 0 aliphatic heterocycles. The molecule has 0 unspecified atom stereocenters. The third kappa shape index (κ3) is 3.28. The molecule has 0 bridgehead atoms. The highest BCUT2D eigenvalue weighted by Crippen LogP contribution is 2.19. The molecule has 3 nitrogen and oxygen atoms in total. The van der Waals surface area contributed by atoms with Gasteiger partial charge < -0.3 is 14.6 Å². The van der Waals surface area contributed by atoms with Crippen molar-refractivity contribution in [2.24, 2.45) is 0 Å². The lowest BCUT2D eigenvalue weighted by atomic mass is 10.1. The molecule has 0 N–H and O–H groups in total. The molecule has 98 valence electrons. The maximum absolute atomic E-state index is 13.3. The fraction of sp³-hybridized carbons (Fsp3) is 0.0714. The number of ether oxygens (including phenoxy) is 1. The lowest BCUT2D eigenvalue weighted by molar-refractivity contribution is -0.255. The van der Waals surface area contributed by atoms with E-state index in [-0.39, 0.29) is 17.9 Å². The summed E-state index contributed by atoms with van der Waals surface area (Å²) in [5.74, 6) is -2.89. The van der Waals surface area contributed by atoms with Crippen molar-refractivity contribution in [2.45, 2.75) is 6.61 Å². The predicted molar refractivity (Wildman–Crippen MR) is 61.5 cm³/mol. The molecule has 0 spiro atoms. The van der Waals surface area contributed by atoms with E-state index in [1.165, 1.54) is 24.3 Å². The second kappa shape index (κ2) is 5.48. The maximum atomic E-state index is 13.3. The Labute approximate surface area is 108 Å². The first-order valence-corrected chi connectivity index (χ1v) is 5.44. The zero-order chi connectivity index (χ0) is 13.8. The molecule has 0 aliphatic rings. The van der Waals surface area contributed by atoms with Crippen LogP contribution >= 0.6 is 0 Å². The van der Waals surface area contributed by atoms with Crippen LogP contribution in [0.3, 0.4) is 0 Å². The number of hydrogen-bond acceptors (Lipinski definition) is 3. The van der Waals surface area contributed by atoms with E-state index in [1.54, 1.807) is 6.07 Å². The predicted octanol–water partition coefficient (Wildman–Crippen LogP) is 1.91. The van der Waals surface area contributed by atoms with Crippen LogP contribution in [0.15, 0.2) is 42.5 Å². The number of carboxylic acids is 1. The van der Waals surface area contributed by atoms with E-state index < -0.39 is 17.6 Å². The number of carbonyl (C=O) groups excluding carboxylic acids is 1. The molecule has 0 amide bonds. The molecule has 2 aromatic rings. The summed E-state index contributed by atoms with van der Waals surface area (Å²) in [4.78, 5) is 10.7. The van der Waals surface area contributed by atoms with Gasteiger partial charge in [0, 0.05) is 6.07 Å². The number of benzene rings is 2. The first kappa shape index (κ1) is 13.0. The van der Waals surface area contributed by atoms with E-state index in [1.807, 2.05) is 0 Å². The largest absolute Gasteiger partial charge is 0.545 e. The van der Waals surface area contributed by atoms with Gasteiger partial charge in [-0.25, -0.2) is 8.78 Å². The van der Waals surface area contributed by atoms with Crippen LogP contribution in [-0.4, -0.2) is 5.97 Å². The van der Waals surface area contributed by atoms with Crippen molar-refractivity contribution in [1.29, 1.82) is 0 Å². The van der Waals surface area contributed by atoms with Crippen LogP contribution in [0.25, 0.3) is 0 Å². The Morgan fingerprint density at radius 3 is 2.63 bits per heavy atom. The van der Waals surface area contributed by atoms with Crippen molar-refractivity contribution >= 4 is 5.97 Å². The van der Waals surface area contributed by atoms with Gasteiger partial charge in [0.2, 0.25) is 0 Å². The summed E-state index contributed by atoms with van der Waals surface area (Å²) in [5.41, 5.74) is 0.561. The van der Waals surface area contributed by atoms with Crippen LogP contribution in [0.4, 0.5) is 8.78 Å². The number of aromatic carboxylic acids is 1. The average molecular weight is 263 g/mol. The van der Waals surface area contributed by atoms with Gasteiger partial charge in [-0.2, -0.15) is 0 Å². The summed E-state index contributed by atoms with van der Waals surface area (Å²) < 4.78 is 31.1. The van der Waals surface area contributed by atoms with E-state index in [0.717, 1.165) is 6.07 Å². The summed E-state index contributed by atoms with van der Waals surface area (Å²) in [6.45, 7) is -0.0241. The minimum Gasteiger partial charge on any atom is -0.545 e. The molecule has 2 rings (SSSR count). The van der Waals surface area contributed by atoms with Crippen LogP contribution in [0.2, 0.25) is 0 Å². The Hall–Kier alpha value is -2.43. The van der Waals surface area contributed by atoms with Crippen molar-refractivity contribution in [3.63, 3.8) is 0 Å². The number of hydrogen-bond donors (Lipinski definition) is 0. The summed E-state index contributed by atoms with van der Waals surface area (Å²) in [6, 6.07) is 8.89. The minimum atomic E-state index is -1.30. The molecule has 19 heavy (non-hydrogen) atoms. The second-order valence-corrected chi connectivity index (χ2v) is 3.85. The Balaban J connectivity index is 2.10. The van der Waals surface area contributed by atoms with Crippen molar-refractivity contribution in [3.05, 3.63) is 65.2 Å². The zero-order valence-electron chi connectivity index (χ0n) is 9.73. The van der Waals surface area contributed by atoms with Gasteiger partial charge in [-0.05, 0) is 29.3 Å². The first-order chi connectivity index (χ1) is 9.06. The fourth-order valence-corrected chi connectivity index (χ4v) is 1.54. The molecule has 0 atom stereocenters. The van der Waals surface area contributed by atoms with E-state index >= 15 is 0 Å². The van der Waals surface area contributed by atoms with Gasteiger partial charge in [0.05, 0.1) is 5.97 Å². The van der Waals surface area contributed by atoms with E-state index in [0.29, 0.717) is 11.6 Å². The average Bonchev–Trinajstić information content (AvgIpc) is 2.38. The quantitative estimate of drug-likeness (QED) is 0.846. The number of halogens is 2. The van der Waals surface area contributed by atoms with Crippen molar-refractivity contribution in [3.8, 4) is 5.75 Å². The fourth-order valence-electron chi connectivity index (χ4n) is 1.54. The van der Waals surface area contributed by atoms with Gasteiger partial charge in [0.1, 0.15) is 12.4 Å². The van der Waals surface area contributed by atoms with Crippen LogP contribution in [0, 0.1) is 11.6 Å². The molecule has 0 fully saturated rings. The first-order valence-electron chi connectivity index (χ1n) is 5.44. The highest BCUT2D eigenvalue weighted by atomic mass is 19.1. The zero-order valence-corrected chi connectivity index (χ0v) is 9.73. The molecule has 0 aromatic heterocycles. The lowest BCUT2D eigenvalue weighted by Crippen LogP contribution is -2.22. The molecule has 2 aromatic carbocycles. The van der Waals surface area contributed by atoms with Crippen molar-refractivity contribution in [2.75, 3.05) is 0 Å². The van der Waals surface area contributed by atoms with Crippen molar-refractivity contribution in [1.82, 2.24) is 0 Å². The van der Waals surface area contributed by atoms with Gasteiger partial charge >= 0.3 is 0 Å². The van der Waals surface area contributed by atoms with E-state index in [4.69, 9.17) is 4.74 Å². The van der Waals surface area contributed by atoms with Gasteiger partial charge in [-0.15, -0.1) is 0 Å². The Kier molecular flexibility index (Phi) is 3.75. The molecule has 0 aliphatic carbocycles. The minimum absolute atomic E-state index is 0.0145. The summed E-state index contributed by atoms with van der Waals surface area (Å²) >= 11 is 0. The Bertz CT molecular complexity index is 611. The normalized spacial score (nSPS) is 10.2. The summed E-state index contributed by atoms with van der Waals surface area (Å²) in [6.07, 6.45) is 0. The number of carbonyl (C=O) groups is 1. The monoisotopic (exact) mass is 263 g/mol. The van der Waals surface area contributed by atoms with Crippen LogP contribution in [0.1, 0.15) is 15.9 Å². The van der Waals surface area contributed by atoms with Gasteiger partial charge in [0.15, 0.2) is 11.6 Å². The van der Waals surface area contributed by atoms with E-state index in [2.05, 4.69) is 0 Å². The summed E-state index contributed by atoms with van der Waals surface area (Å²) in [7, 11) is 0. The smallest absolute Gasteiger partial charge is 0.167 e. The third-order valence-electron chi connectivity index (χ3n) is 2.45.